The maximum absolute atomic E-state index is 13.0. The number of benzene rings is 1. The molecule has 3 aromatic rings. The molecule has 28 heavy (non-hydrogen) atoms. The predicted octanol–water partition coefficient (Wildman–Crippen LogP) is 4.96. The number of nitrogens with zero attached hydrogens (tertiary/aromatic N) is 2. The van der Waals surface area contributed by atoms with Crippen molar-refractivity contribution in [1.29, 1.82) is 0 Å². The molecule has 4 rings (SSSR count). The maximum atomic E-state index is 13.0. The van der Waals surface area contributed by atoms with Crippen LogP contribution in [0.3, 0.4) is 0 Å². The van der Waals surface area contributed by atoms with Crippen LogP contribution in [0.15, 0.2) is 35.4 Å². The van der Waals surface area contributed by atoms with Crippen molar-refractivity contribution in [1.82, 2.24) is 9.55 Å². The summed E-state index contributed by atoms with van der Waals surface area (Å²) in [5.74, 6) is -0.343. The van der Waals surface area contributed by atoms with Gasteiger partial charge in [0.1, 0.15) is 15.8 Å². The monoisotopic (exact) mass is 416 g/mol. The van der Waals surface area contributed by atoms with Gasteiger partial charge in [0.25, 0.3) is 5.56 Å². The summed E-state index contributed by atoms with van der Waals surface area (Å²) in [4.78, 5) is 31.1. The fourth-order valence-electron chi connectivity index (χ4n) is 3.66. The van der Waals surface area contributed by atoms with E-state index < -0.39 is 0 Å². The third kappa shape index (κ3) is 3.71. The highest BCUT2D eigenvalue weighted by Gasteiger charge is 2.24. The van der Waals surface area contributed by atoms with Gasteiger partial charge in [-0.2, -0.15) is 0 Å². The summed E-state index contributed by atoms with van der Waals surface area (Å²) in [5.41, 5.74) is 1.32. The Bertz CT molecular complexity index is 1080. The van der Waals surface area contributed by atoms with Crippen molar-refractivity contribution in [2.45, 2.75) is 51.7 Å². The number of carbonyl (C=O) groups is 1. The molecule has 1 aromatic carbocycles. The highest BCUT2D eigenvalue weighted by molar-refractivity contribution is 7.20. The largest absolute Gasteiger partial charge is 0.458 e. The van der Waals surface area contributed by atoms with Crippen LogP contribution in [0, 0.1) is 6.92 Å². The van der Waals surface area contributed by atoms with Crippen molar-refractivity contribution in [3.05, 3.63) is 62.0 Å². The van der Waals surface area contributed by atoms with E-state index in [0.29, 0.717) is 32.2 Å². The average molecular weight is 417 g/mol. The van der Waals surface area contributed by atoms with Gasteiger partial charge in [0.2, 0.25) is 0 Å². The van der Waals surface area contributed by atoms with Crippen LogP contribution >= 0.6 is 22.9 Å². The molecule has 1 saturated carbocycles. The molecule has 1 fully saturated rings. The van der Waals surface area contributed by atoms with Gasteiger partial charge >= 0.3 is 5.97 Å². The van der Waals surface area contributed by atoms with Crippen molar-refractivity contribution in [2.75, 3.05) is 0 Å². The zero-order chi connectivity index (χ0) is 19.7. The molecule has 2 heterocycles. The van der Waals surface area contributed by atoms with Gasteiger partial charge in [-0.15, -0.1) is 11.3 Å². The maximum Gasteiger partial charge on any atom is 0.348 e. The lowest BCUT2D eigenvalue weighted by molar-refractivity contribution is 0.0216. The van der Waals surface area contributed by atoms with Crippen LogP contribution in [0.4, 0.5) is 0 Å². The van der Waals surface area contributed by atoms with Crippen molar-refractivity contribution in [3.63, 3.8) is 0 Å². The molecule has 1 aliphatic rings. The van der Waals surface area contributed by atoms with E-state index >= 15 is 0 Å². The van der Waals surface area contributed by atoms with Gasteiger partial charge in [0.15, 0.2) is 0 Å². The Hall–Kier alpha value is -2.18. The molecule has 0 amide bonds. The number of esters is 1. The Kier molecular flexibility index (Phi) is 5.51. The molecule has 0 unspecified atom stereocenters. The Morgan fingerprint density at radius 1 is 1.29 bits per heavy atom. The summed E-state index contributed by atoms with van der Waals surface area (Å²) in [5, 5.41) is 1.09. The summed E-state index contributed by atoms with van der Waals surface area (Å²) in [6.07, 6.45) is 6.72. The lowest BCUT2D eigenvalue weighted by Crippen LogP contribution is -2.22. The first kappa shape index (κ1) is 19.2. The van der Waals surface area contributed by atoms with Crippen molar-refractivity contribution < 1.29 is 9.53 Å². The van der Waals surface area contributed by atoms with Crippen LogP contribution in [0.1, 0.15) is 52.9 Å². The molecular formula is C21H21ClN2O3S. The molecule has 0 radical (unpaired) electrons. The third-order valence-corrected chi connectivity index (χ3v) is 6.78. The van der Waals surface area contributed by atoms with E-state index in [1.807, 2.05) is 18.2 Å². The molecule has 7 heteroatoms. The molecule has 2 aromatic heterocycles. The third-order valence-electron chi connectivity index (χ3n) is 5.23. The lowest BCUT2D eigenvalue weighted by Gasteiger charge is -2.21. The molecule has 5 nitrogen and oxygen atoms in total. The molecule has 0 N–H and O–H groups in total. The molecule has 1 aliphatic carbocycles. The second-order valence-corrected chi connectivity index (χ2v) is 8.58. The van der Waals surface area contributed by atoms with Crippen LogP contribution in [-0.4, -0.2) is 21.6 Å². The minimum absolute atomic E-state index is 0.0179. The zero-order valence-electron chi connectivity index (χ0n) is 15.6. The number of fused-ring (bicyclic) bond motifs is 1. The summed E-state index contributed by atoms with van der Waals surface area (Å²) >= 11 is 7.45. The van der Waals surface area contributed by atoms with Gasteiger partial charge in [-0.25, -0.2) is 9.78 Å². The van der Waals surface area contributed by atoms with Crippen LogP contribution in [-0.2, 0) is 11.3 Å². The van der Waals surface area contributed by atoms with Crippen LogP contribution in [0.5, 0.6) is 0 Å². The number of thiophene rings is 1. The number of aryl methyl sites for hydroxylation is 1. The van der Waals surface area contributed by atoms with E-state index in [1.165, 1.54) is 28.7 Å². The molecule has 0 aliphatic heterocycles. The first-order valence-electron chi connectivity index (χ1n) is 9.47. The number of hydrogen-bond donors (Lipinski definition) is 0. The smallest absolute Gasteiger partial charge is 0.348 e. The molecular weight excluding hydrogens is 396 g/mol. The standard InChI is InChI=1S/C21H21ClN2O3S/c1-13-17-19(28-18(13)21(26)27-15-8-3-2-4-9-15)23-12-24(20(17)25)11-14-7-5-6-10-16(14)22/h5-7,10,12,15H,2-4,8-9,11H2,1H3. The van der Waals surface area contributed by atoms with E-state index in [4.69, 9.17) is 16.3 Å². The molecule has 0 spiro atoms. The number of hydrogen-bond acceptors (Lipinski definition) is 5. The van der Waals surface area contributed by atoms with Gasteiger partial charge in [0.05, 0.1) is 18.3 Å². The van der Waals surface area contributed by atoms with Gasteiger partial charge in [0, 0.05) is 5.02 Å². The van der Waals surface area contributed by atoms with E-state index in [0.717, 1.165) is 31.2 Å². The average Bonchev–Trinajstić information content (AvgIpc) is 3.04. The lowest BCUT2D eigenvalue weighted by atomic mass is 9.98. The zero-order valence-corrected chi connectivity index (χ0v) is 17.2. The van der Waals surface area contributed by atoms with E-state index in [9.17, 15) is 9.59 Å². The SMILES string of the molecule is Cc1c(C(=O)OC2CCCCC2)sc2ncn(Cc3ccccc3Cl)c(=O)c12. The normalized spacial score (nSPS) is 15.1. The number of halogens is 1. The summed E-state index contributed by atoms with van der Waals surface area (Å²) in [6.45, 7) is 2.12. The van der Waals surface area contributed by atoms with Gasteiger partial charge in [-0.3, -0.25) is 9.36 Å². The Morgan fingerprint density at radius 3 is 2.79 bits per heavy atom. The van der Waals surface area contributed by atoms with Crippen molar-refractivity contribution >= 4 is 39.1 Å². The Morgan fingerprint density at radius 2 is 2.04 bits per heavy atom. The fraction of sp³-hybridized carbons (Fsp3) is 0.381. The fourth-order valence-corrected chi connectivity index (χ4v) is 4.88. The van der Waals surface area contributed by atoms with E-state index in [1.54, 1.807) is 13.0 Å². The van der Waals surface area contributed by atoms with Crippen molar-refractivity contribution in [2.24, 2.45) is 0 Å². The van der Waals surface area contributed by atoms with Gasteiger partial charge in [-0.05, 0) is 49.8 Å². The first-order chi connectivity index (χ1) is 13.5. The van der Waals surface area contributed by atoms with Crippen LogP contribution in [0.2, 0.25) is 5.02 Å². The van der Waals surface area contributed by atoms with Crippen LogP contribution < -0.4 is 5.56 Å². The molecule has 146 valence electrons. The number of ether oxygens (including phenoxy) is 1. The predicted molar refractivity (Wildman–Crippen MR) is 111 cm³/mol. The molecule has 0 bridgehead atoms. The second-order valence-electron chi connectivity index (χ2n) is 7.17. The van der Waals surface area contributed by atoms with E-state index in [-0.39, 0.29) is 17.6 Å². The first-order valence-corrected chi connectivity index (χ1v) is 10.7. The highest BCUT2D eigenvalue weighted by Crippen LogP contribution is 2.29. The second kappa shape index (κ2) is 8.05. The van der Waals surface area contributed by atoms with Crippen LogP contribution in [0.25, 0.3) is 10.2 Å². The van der Waals surface area contributed by atoms with Gasteiger partial charge in [-0.1, -0.05) is 36.2 Å². The summed E-state index contributed by atoms with van der Waals surface area (Å²) < 4.78 is 7.21. The molecule has 0 atom stereocenters. The topological polar surface area (TPSA) is 61.2 Å². The Labute approximate surface area is 171 Å². The minimum Gasteiger partial charge on any atom is -0.458 e. The molecule has 0 saturated heterocycles. The number of carbonyl (C=O) groups excluding carboxylic acids is 1. The number of rotatable bonds is 4. The van der Waals surface area contributed by atoms with Gasteiger partial charge < -0.3 is 4.74 Å². The highest BCUT2D eigenvalue weighted by atomic mass is 35.5. The van der Waals surface area contributed by atoms with E-state index in [2.05, 4.69) is 4.98 Å². The van der Waals surface area contributed by atoms with Crippen molar-refractivity contribution in [3.8, 4) is 0 Å². The summed E-state index contributed by atoms with van der Waals surface area (Å²) in [6, 6.07) is 7.41. The number of aromatic nitrogens is 2. The Balaban J connectivity index is 1.65. The summed E-state index contributed by atoms with van der Waals surface area (Å²) in [7, 11) is 0. The minimum atomic E-state index is -0.343. The quantitative estimate of drug-likeness (QED) is 0.564.